The summed E-state index contributed by atoms with van der Waals surface area (Å²) in [6.45, 7) is 1.92. The van der Waals surface area contributed by atoms with Crippen LogP contribution >= 0.6 is 0 Å². The van der Waals surface area contributed by atoms with Crippen LogP contribution in [0, 0.1) is 0 Å². The molecule has 6 nitrogen and oxygen atoms in total. The molecule has 0 aromatic heterocycles. The number of hydrogen-bond acceptors (Lipinski definition) is 6. The van der Waals surface area contributed by atoms with Gasteiger partial charge in [-0.1, -0.05) is 30.3 Å². The minimum absolute atomic E-state index is 0.0973. The van der Waals surface area contributed by atoms with Crippen LogP contribution in [0.2, 0.25) is 0 Å². The molecule has 0 saturated carbocycles. The first-order chi connectivity index (χ1) is 11.0. The maximum absolute atomic E-state index is 11.4. The summed E-state index contributed by atoms with van der Waals surface area (Å²) in [6.07, 6.45) is 2.83. The van der Waals surface area contributed by atoms with Crippen LogP contribution < -0.4 is 0 Å². The number of likely N-dealkylation sites (tertiary alicyclic amines) is 1. The van der Waals surface area contributed by atoms with E-state index in [-0.39, 0.29) is 25.5 Å². The van der Waals surface area contributed by atoms with Gasteiger partial charge in [-0.15, -0.1) is 0 Å². The zero-order valence-electron chi connectivity index (χ0n) is 13.7. The van der Waals surface area contributed by atoms with E-state index in [0.717, 1.165) is 32.2 Å². The SMILES string of the molecule is COCO[C@H]1CCCN(Cc2ccccc2)[C@H]1COS(C)(=O)=O. The highest BCUT2D eigenvalue weighted by molar-refractivity contribution is 7.85. The number of ether oxygens (including phenoxy) is 2. The van der Waals surface area contributed by atoms with Gasteiger partial charge in [-0.05, 0) is 24.9 Å². The maximum atomic E-state index is 11.4. The van der Waals surface area contributed by atoms with Crippen molar-refractivity contribution in [3.05, 3.63) is 35.9 Å². The van der Waals surface area contributed by atoms with Crippen molar-refractivity contribution in [1.29, 1.82) is 0 Å². The van der Waals surface area contributed by atoms with Gasteiger partial charge in [0.05, 0.1) is 25.0 Å². The van der Waals surface area contributed by atoms with Crippen LogP contribution in [-0.4, -0.2) is 58.8 Å². The van der Waals surface area contributed by atoms with E-state index in [0.29, 0.717) is 0 Å². The predicted molar refractivity (Wildman–Crippen MR) is 87.4 cm³/mol. The average molecular weight is 343 g/mol. The summed E-state index contributed by atoms with van der Waals surface area (Å²) in [5.74, 6) is 0. The molecule has 130 valence electrons. The van der Waals surface area contributed by atoms with Gasteiger partial charge in [0.1, 0.15) is 6.79 Å². The summed E-state index contributed by atoms with van der Waals surface area (Å²) in [4.78, 5) is 2.23. The molecule has 0 bridgehead atoms. The molecule has 1 fully saturated rings. The van der Waals surface area contributed by atoms with E-state index in [2.05, 4.69) is 17.0 Å². The Morgan fingerprint density at radius 2 is 2.00 bits per heavy atom. The fourth-order valence-electron chi connectivity index (χ4n) is 2.86. The monoisotopic (exact) mass is 343 g/mol. The Morgan fingerprint density at radius 3 is 2.65 bits per heavy atom. The molecule has 0 unspecified atom stereocenters. The molecule has 0 N–H and O–H groups in total. The van der Waals surface area contributed by atoms with Gasteiger partial charge in [0.15, 0.2) is 0 Å². The highest BCUT2D eigenvalue weighted by atomic mass is 32.2. The first-order valence-electron chi connectivity index (χ1n) is 7.72. The Balaban J connectivity index is 2.08. The van der Waals surface area contributed by atoms with E-state index in [9.17, 15) is 8.42 Å². The van der Waals surface area contributed by atoms with Gasteiger partial charge in [0.25, 0.3) is 10.1 Å². The van der Waals surface area contributed by atoms with Crippen molar-refractivity contribution in [2.45, 2.75) is 31.5 Å². The third-order valence-electron chi connectivity index (χ3n) is 3.91. The number of rotatable bonds is 8. The highest BCUT2D eigenvalue weighted by Crippen LogP contribution is 2.23. The fraction of sp³-hybridized carbons (Fsp3) is 0.625. The van der Waals surface area contributed by atoms with E-state index in [4.69, 9.17) is 13.7 Å². The number of nitrogens with zero attached hydrogens (tertiary/aromatic N) is 1. The summed E-state index contributed by atoms with van der Waals surface area (Å²) in [7, 11) is -1.90. The van der Waals surface area contributed by atoms with Crippen molar-refractivity contribution in [2.24, 2.45) is 0 Å². The lowest BCUT2D eigenvalue weighted by Gasteiger charge is -2.40. The molecule has 2 rings (SSSR count). The third-order valence-corrected chi connectivity index (χ3v) is 4.48. The first kappa shape index (κ1) is 18.4. The quantitative estimate of drug-likeness (QED) is 0.528. The van der Waals surface area contributed by atoms with E-state index in [1.54, 1.807) is 7.11 Å². The highest BCUT2D eigenvalue weighted by Gasteiger charge is 2.33. The van der Waals surface area contributed by atoms with Crippen molar-refractivity contribution in [2.75, 3.05) is 33.3 Å². The molecule has 1 aromatic rings. The second-order valence-corrected chi connectivity index (χ2v) is 7.41. The number of methoxy groups -OCH3 is 1. The summed E-state index contributed by atoms with van der Waals surface area (Å²) in [5.41, 5.74) is 1.18. The Labute approximate surface area is 138 Å². The van der Waals surface area contributed by atoms with E-state index < -0.39 is 10.1 Å². The molecule has 1 aliphatic heterocycles. The normalized spacial score (nSPS) is 23.0. The Morgan fingerprint density at radius 1 is 1.26 bits per heavy atom. The lowest BCUT2D eigenvalue weighted by Crippen LogP contribution is -2.51. The van der Waals surface area contributed by atoms with Gasteiger partial charge in [0.2, 0.25) is 0 Å². The van der Waals surface area contributed by atoms with Gasteiger partial charge in [-0.25, -0.2) is 0 Å². The number of piperidine rings is 1. The second kappa shape index (κ2) is 8.75. The van der Waals surface area contributed by atoms with E-state index in [1.165, 1.54) is 5.56 Å². The van der Waals surface area contributed by atoms with Crippen LogP contribution in [-0.2, 0) is 30.3 Å². The smallest absolute Gasteiger partial charge is 0.264 e. The summed E-state index contributed by atoms with van der Waals surface area (Å²) in [5, 5.41) is 0. The molecule has 0 amide bonds. The van der Waals surface area contributed by atoms with Crippen LogP contribution in [0.15, 0.2) is 30.3 Å². The molecule has 23 heavy (non-hydrogen) atoms. The molecule has 7 heteroatoms. The molecule has 1 saturated heterocycles. The predicted octanol–water partition coefficient (Wildman–Crippen LogP) is 1.62. The molecule has 1 aliphatic rings. The Bertz CT molecular complexity index is 563. The average Bonchev–Trinajstić information content (AvgIpc) is 2.52. The summed E-state index contributed by atoms with van der Waals surface area (Å²) >= 11 is 0. The maximum Gasteiger partial charge on any atom is 0.264 e. The van der Waals surface area contributed by atoms with E-state index >= 15 is 0 Å². The van der Waals surface area contributed by atoms with Gasteiger partial charge >= 0.3 is 0 Å². The van der Waals surface area contributed by atoms with Gasteiger partial charge in [-0.3, -0.25) is 9.08 Å². The van der Waals surface area contributed by atoms with Crippen LogP contribution in [0.3, 0.4) is 0 Å². The molecule has 0 spiro atoms. The minimum atomic E-state index is -3.48. The van der Waals surface area contributed by atoms with Crippen molar-refractivity contribution in [3.63, 3.8) is 0 Å². The zero-order chi connectivity index (χ0) is 16.7. The van der Waals surface area contributed by atoms with Crippen molar-refractivity contribution in [1.82, 2.24) is 4.90 Å². The topological polar surface area (TPSA) is 65.1 Å². The van der Waals surface area contributed by atoms with Gasteiger partial charge in [-0.2, -0.15) is 8.42 Å². The number of benzene rings is 1. The van der Waals surface area contributed by atoms with E-state index in [1.807, 2.05) is 18.2 Å². The summed E-state index contributed by atoms with van der Waals surface area (Å²) < 4.78 is 38.5. The van der Waals surface area contributed by atoms with Crippen molar-refractivity contribution >= 4 is 10.1 Å². The van der Waals surface area contributed by atoms with Gasteiger partial charge < -0.3 is 9.47 Å². The largest absolute Gasteiger partial charge is 0.359 e. The molecule has 0 aliphatic carbocycles. The Hall–Kier alpha value is -0.990. The van der Waals surface area contributed by atoms with Crippen LogP contribution in [0.5, 0.6) is 0 Å². The molecular formula is C16H25NO5S. The number of hydrogen-bond donors (Lipinski definition) is 0. The lowest BCUT2D eigenvalue weighted by atomic mass is 9.98. The van der Waals surface area contributed by atoms with Crippen molar-refractivity contribution < 1.29 is 22.1 Å². The van der Waals surface area contributed by atoms with Crippen LogP contribution in [0.1, 0.15) is 18.4 Å². The summed E-state index contributed by atoms with van der Waals surface area (Å²) in [6, 6.07) is 9.99. The standard InChI is InChI=1S/C16H25NO5S/c1-20-13-21-16-9-6-10-17(11-14-7-4-3-5-8-14)15(16)12-22-23(2,18)19/h3-5,7-8,15-16H,6,9-13H2,1-2H3/t15-,16-/m0/s1. The molecule has 0 radical (unpaired) electrons. The van der Waals surface area contributed by atoms with Gasteiger partial charge in [0, 0.05) is 13.7 Å². The van der Waals surface area contributed by atoms with Crippen LogP contribution in [0.25, 0.3) is 0 Å². The molecular weight excluding hydrogens is 318 g/mol. The molecule has 2 atom stereocenters. The minimum Gasteiger partial charge on any atom is -0.359 e. The second-order valence-electron chi connectivity index (χ2n) is 5.77. The van der Waals surface area contributed by atoms with Crippen LogP contribution in [0.4, 0.5) is 0 Å². The molecule has 1 heterocycles. The van der Waals surface area contributed by atoms with Crippen molar-refractivity contribution in [3.8, 4) is 0 Å². The zero-order valence-corrected chi connectivity index (χ0v) is 14.5. The Kier molecular flexibility index (Phi) is 6.98. The molecule has 1 aromatic carbocycles. The fourth-order valence-corrected chi connectivity index (χ4v) is 3.25. The first-order valence-corrected chi connectivity index (χ1v) is 9.54. The lowest BCUT2D eigenvalue weighted by molar-refractivity contribution is -0.121. The third kappa shape index (κ3) is 6.19.